The summed E-state index contributed by atoms with van der Waals surface area (Å²) in [7, 11) is 1.22. The van der Waals surface area contributed by atoms with Crippen molar-refractivity contribution in [3.05, 3.63) is 70.0 Å². The molecule has 1 fully saturated rings. The lowest BCUT2D eigenvalue weighted by Gasteiger charge is -2.39. The van der Waals surface area contributed by atoms with Crippen molar-refractivity contribution in [3.8, 4) is 0 Å². The second-order valence-electron chi connectivity index (χ2n) is 9.30. The molecule has 7 nitrogen and oxygen atoms in total. The van der Waals surface area contributed by atoms with E-state index in [4.69, 9.17) is 5.21 Å². The van der Waals surface area contributed by atoms with Gasteiger partial charge in [0.05, 0.1) is 11.1 Å². The van der Waals surface area contributed by atoms with Crippen molar-refractivity contribution in [2.45, 2.75) is 38.2 Å². The van der Waals surface area contributed by atoms with Crippen molar-refractivity contribution in [2.24, 2.45) is 5.92 Å². The summed E-state index contributed by atoms with van der Waals surface area (Å²) in [5.74, 6) is -5.29. The van der Waals surface area contributed by atoms with Gasteiger partial charge in [0, 0.05) is 38.5 Å². The third-order valence-electron chi connectivity index (χ3n) is 6.59. The van der Waals surface area contributed by atoms with Gasteiger partial charge in [-0.3, -0.25) is 19.6 Å². The van der Waals surface area contributed by atoms with E-state index < -0.39 is 71.0 Å². The molecule has 39 heavy (non-hydrogen) atoms. The maximum atomic E-state index is 13.7. The summed E-state index contributed by atoms with van der Waals surface area (Å²) >= 11 is 0. The van der Waals surface area contributed by atoms with Gasteiger partial charge in [0.1, 0.15) is 5.82 Å². The monoisotopic (exact) mass is 563 g/mol. The van der Waals surface area contributed by atoms with Gasteiger partial charge in [-0.05, 0) is 60.4 Å². The van der Waals surface area contributed by atoms with Gasteiger partial charge in [-0.1, -0.05) is 6.07 Å². The molecule has 0 aliphatic carbocycles. The SMILES string of the molecule is Cc1cc(F)ccc1[C@H]1CN(C(=O)C(=O)NO)CC[C@@H]1C(=O)N(C)Cc1cc(C(F)(F)F)cc(C(F)(F)F)c1. The van der Waals surface area contributed by atoms with Gasteiger partial charge in [0.15, 0.2) is 0 Å². The minimum Gasteiger partial charge on any atom is -0.341 e. The Labute approximate surface area is 218 Å². The number of nitrogens with zero attached hydrogens (tertiary/aromatic N) is 2. The molecule has 0 saturated carbocycles. The average molecular weight is 563 g/mol. The fourth-order valence-electron chi connectivity index (χ4n) is 4.74. The Morgan fingerprint density at radius 1 is 1.03 bits per heavy atom. The first-order chi connectivity index (χ1) is 18.0. The van der Waals surface area contributed by atoms with Gasteiger partial charge in [-0.2, -0.15) is 26.3 Å². The third-order valence-corrected chi connectivity index (χ3v) is 6.59. The van der Waals surface area contributed by atoms with Crippen LogP contribution in [0.4, 0.5) is 30.7 Å². The van der Waals surface area contributed by atoms with Crippen LogP contribution in [0.25, 0.3) is 0 Å². The van der Waals surface area contributed by atoms with Crippen LogP contribution in [0.1, 0.15) is 40.2 Å². The van der Waals surface area contributed by atoms with Crippen molar-refractivity contribution < 1.29 is 50.3 Å². The standard InChI is InChI=1S/C25H24F7N3O4/c1-13-7-17(26)3-4-18(13)20-12-35(23(38)21(36)33-39)6-5-19(20)22(37)34(2)11-14-8-15(24(27,28)29)10-16(9-14)25(30,31)32/h3-4,7-10,19-20,39H,5-6,11-12H2,1-2H3,(H,33,36)/t19-,20+/m0/s1. The van der Waals surface area contributed by atoms with Crippen LogP contribution < -0.4 is 5.48 Å². The van der Waals surface area contributed by atoms with Crippen LogP contribution in [-0.2, 0) is 33.3 Å². The Bertz CT molecular complexity index is 1230. The first-order valence-electron chi connectivity index (χ1n) is 11.6. The summed E-state index contributed by atoms with van der Waals surface area (Å²) in [5, 5.41) is 8.80. The fourth-order valence-corrected chi connectivity index (χ4v) is 4.74. The van der Waals surface area contributed by atoms with Gasteiger partial charge in [-0.15, -0.1) is 0 Å². The summed E-state index contributed by atoms with van der Waals surface area (Å²) in [6, 6.07) is 4.80. The fraction of sp³-hybridized carbons (Fsp3) is 0.400. The molecule has 2 aromatic carbocycles. The predicted molar refractivity (Wildman–Crippen MR) is 121 cm³/mol. The number of carbonyl (C=O) groups is 3. The molecule has 1 heterocycles. The zero-order valence-electron chi connectivity index (χ0n) is 20.7. The van der Waals surface area contributed by atoms with Crippen LogP contribution in [0.2, 0.25) is 0 Å². The summed E-state index contributed by atoms with van der Waals surface area (Å²) in [5.41, 5.74) is -1.30. The first-order valence-corrected chi connectivity index (χ1v) is 11.6. The van der Waals surface area contributed by atoms with Gasteiger partial charge < -0.3 is 9.80 Å². The number of amides is 3. The molecule has 0 bridgehead atoms. The largest absolute Gasteiger partial charge is 0.416 e. The zero-order valence-corrected chi connectivity index (χ0v) is 20.7. The van der Waals surface area contributed by atoms with Crippen molar-refractivity contribution >= 4 is 17.7 Å². The molecule has 0 unspecified atom stereocenters. The number of halogens is 7. The number of rotatable bonds is 4. The zero-order chi connectivity index (χ0) is 29.3. The summed E-state index contributed by atoms with van der Waals surface area (Å²) < 4.78 is 93.3. The summed E-state index contributed by atoms with van der Waals surface area (Å²) in [6.07, 6.45) is -10.1. The molecule has 14 heteroatoms. The highest BCUT2D eigenvalue weighted by atomic mass is 19.4. The van der Waals surface area contributed by atoms with E-state index in [0.717, 1.165) is 15.9 Å². The third kappa shape index (κ3) is 6.85. The lowest BCUT2D eigenvalue weighted by molar-refractivity contribution is -0.152. The van der Waals surface area contributed by atoms with Crippen LogP contribution in [-0.4, -0.2) is 52.9 Å². The topological polar surface area (TPSA) is 90.0 Å². The van der Waals surface area contributed by atoms with E-state index >= 15 is 0 Å². The maximum absolute atomic E-state index is 13.7. The quantitative estimate of drug-likeness (QED) is 0.252. The van der Waals surface area contributed by atoms with Crippen LogP contribution in [0.3, 0.4) is 0 Å². The molecule has 212 valence electrons. The lowest BCUT2D eigenvalue weighted by atomic mass is 9.78. The number of hydrogen-bond acceptors (Lipinski definition) is 4. The molecular formula is C25H24F7N3O4. The van der Waals surface area contributed by atoms with Crippen molar-refractivity contribution in [1.29, 1.82) is 0 Å². The molecule has 0 radical (unpaired) electrons. The van der Waals surface area contributed by atoms with E-state index in [0.29, 0.717) is 23.3 Å². The molecule has 2 aromatic rings. The van der Waals surface area contributed by atoms with E-state index in [1.165, 1.54) is 24.7 Å². The highest BCUT2D eigenvalue weighted by molar-refractivity contribution is 6.34. The second-order valence-corrected chi connectivity index (χ2v) is 9.30. The van der Waals surface area contributed by atoms with Crippen LogP contribution >= 0.6 is 0 Å². The number of nitrogens with one attached hydrogen (secondary N) is 1. The number of hydroxylamine groups is 1. The summed E-state index contributed by atoms with van der Waals surface area (Å²) in [6.45, 7) is 0.693. The average Bonchev–Trinajstić information content (AvgIpc) is 2.85. The van der Waals surface area contributed by atoms with Gasteiger partial charge in [0.25, 0.3) is 0 Å². The minimum atomic E-state index is -5.05. The molecule has 1 aliphatic rings. The van der Waals surface area contributed by atoms with E-state index in [2.05, 4.69) is 0 Å². The lowest BCUT2D eigenvalue weighted by Crippen LogP contribution is -2.51. The Balaban J connectivity index is 1.93. The maximum Gasteiger partial charge on any atom is 0.416 e. The molecular weight excluding hydrogens is 539 g/mol. The van der Waals surface area contributed by atoms with E-state index in [9.17, 15) is 45.1 Å². The Morgan fingerprint density at radius 3 is 2.13 bits per heavy atom. The van der Waals surface area contributed by atoms with Crippen LogP contribution in [0.15, 0.2) is 36.4 Å². The number of carbonyl (C=O) groups excluding carboxylic acids is 3. The summed E-state index contributed by atoms with van der Waals surface area (Å²) in [4.78, 5) is 39.5. The second kappa shape index (κ2) is 11.2. The molecule has 3 rings (SSSR count). The minimum absolute atomic E-state index is 0.00602. The molecule has 0 spiro atoms. The van der Waals surface area contributed by atoms with Crippen molar-refractivity contribution in [1.82, 2.24) is 15.3 Å². The molecule has 2 atom stereocenters. The van der Waals surface area contributed by atoms with Gasteiger partial charge in [-0.25, -0.2) is 9.87 Å². The molecule has 2 N–H and O–H groups in total. The van der Waals surface area contributed by atoms with Crippen LogP contribution in [0, 0.1) is 18.7 Å². The van der Waals surface area contributed by atoms with E-state index in [-0.39, 0.29) is 25.6 Å². The number of hydrogen-bond donors (Lipinski definition) is 2. The Kier molecular flexibility index (Phi) is 8.58. The van der Waals surface area contributed by atoms with Crippen LogP contribution in [0.5, 0.6) is 0 Å². The normalized spacial score (nSPS) is 18.1. The molecule has 0 aromatic heterocycles. The van der Waals surface area contributed by atoms with Gasteiger partial charge in [0.2, 0.25) is 5.91 Å². The first kappa shape index (κ1) is 29.9. The Morgan fingerprint density at radius 2 is 1.62 bits per heavy atom. The van der Waals surface area contributed by atoms with E-state index in [1.54, 1.807) is 6.92 Å². The number of alkyl halides is 6. The highest BCUT2D eigenvalue weighted by Crippen LogP contribution is 2.38. The van der Waals surface area contributed by atoms with E-state index in [1.807, 2.05) is 0 Å². The predicted octanol–water partition coefficient (Wildman–Crippen LogP) is 4.27. The molecule has 1 aliphatic heterocycles. The van der Waals surface area contributed by atoms with Crippen molar-refractivity contribution in [2.75, 3.05) is 20.1 Å². The number of likely N-dealkylation sites (tertiary alicyclic amines) is 1. The Hall–Kier alpha value is -3.68. The number of piperidine rings is 1. The smallest absolute Gasteiger partial charge is 0.341 e. The van der Waals surface area contributed by atoms with Crippen molar-refractivity contribution in [3.63, 3.8) is 0 Å². The molecule has 1 saturated heterocycles. The molecule has 3 amide bonds. The number of benzene rings is 2. The number of aryl methyl sites for hydroxylation is 1. The highest BCUT2D eigenvalue weighted by Gasteiger charge is 2.41. The van der Waals surface area contributed by atoms with Gasteiger partial charge >= 0.3 is 24.2 Å².